The molecule has 0 fully saturated rings. The Labute approximate surface area is 116 Å². The number of nitrogens with zero attached hydrogens (tertiary/aromatic N) is 3. The van der Waals surface area contributed by atoms with Gasteiger partial charge in [0.1, 0.15) is 0 Å². The van der Waals surface area contributed by atoms with Crippen LogP contribution in [0.2, 0.25) is 0 Å². The van der Waals surface area contributed by atoms with E-state index in [0.29, 0.717) is 5.69 Å². The van der Waals surface area contributed by atoms with E-state index in [1.54, 1.807) is 45.0 Å². The molecule has 0 unspecified atom stereocenters. The van der Waals surface area contributed by atoms with E-state index in [9.17, 15) is 9.59 Å². The highest BCUT2D eigenvalue weighted by molar-refractivity contribution is 6.37. The molecule has 0 saturated heterocycles. The maximum atomic E-state index is 11.4. The standard InChI is InChI=1S/C13H16N4O3/c1-4-20-12(19)11(18)15-10-7-5-9(6-8-10)13(2,3)16-17-14/h5-8H,4H2,1-3H3,(H,15,18). The lowest BCUT2D eigenvalue weighted by Crippen LogP contribution is -2.25. The van der Waals surface area contributed by atoms with Crippen LogP contribution in [-0.2, 0) is 19.9 Å². The molecular formula is C13H16N4O3. The molecule has 0 bridgehead atoms. The number of amides is 1. The van der Waals surface area contributed by atoms with Gasteiger partial charge in [0.2, 0.25) is 0 Å². The smallest absolute Gasteiger partial charge is 0.397 e. The minimum absolute atomic E-state index is 0.144. The fourth-order valence-corrected chi connectivity index (χ4v) is 1.51. The minimum Gasteiger partial charge on any atom is -0.459 e. The van der Waals surface area contributed by atoms with E-state index in [4.69, 9.17) is 5.53 Å². The summed E-state index contributed by atoms with van der Waals surface area (Å²) < 4.78 is 4.58. The second kappa shape index (κ2) is 6.58. The van der Waals surface area contributed by atoms with Crippen LogP contribution < -0.4 is 5.32 Å². The number of anilines is 1. The summed E-state index contributed by atoms with van der Waals surface area (Å²) in [7, 11) is 0. The molecule has 0 aliphatic rings. The van der Waals surface area contributed by atoms with Crippen molar-refractivity contribution in [1.82, 2.24) is 0 Å². The summed E-state index contributed by atoms with van der Waals surface area (Å²) in [5.74, 6) is -1.75. The molecular weight excluding hydrogens is 260 g/mol. The van der Waals surface area contributed by atoms with Crippen molar-refractivity contribution in [1.29, 1.82) is 0 Å². The van der Waals surface area contributed by atoms with Crippen LogP contribution in [0.25, 0.3) is 10.4 Å². The van der Waals surface area contributed by atoms with Crippen LogP contribution in [0.1, 0.15) is 26.3 Å². The lowest BCUT2D eigenvalue weighted by Gasteiger charge is -2.18. The number of azide groups is 1. The summed E-state index contributed by atoms with van der Waals surface area (Å²) >= 11 is 0. The molecule has 1 aromatic carbocycles. The summed E-state index contributed by atoms with van der Waals surface area (Å²) in [6, 6.07) is 6.69. The highest BCUT2D eigenvalue weighted by atomic mass is 16.5. The molecule has 0 radical (unpaired) electrons. The van der Waals surface area contributed by atoms with E-state index in [1.165, 1.54) is 0 Å². The summed E-state index contributed by atoms with van der Waals surface area (Å²) in [5, 5.41) is 6.11. The van der Waals surface area contributed by atoms with Crippen molar-refractivity contribution < 1.29 is 14.3 Å². The van der Waals surface area contributed by atoms with Gasteiger partial charge in [-0.1, -0.05) is 31.1 Å². The molecule has 0 aliphatic heterocycles. The Hall–Kier alpha value is -2.53. The van der Waals surface area contributed by atoms with E-state index >= 15 is 0 Å². The fourth-order valence-electron chi connectivity index (χ4n) is 1.51. The number of carbonyl (C=O) groups excluding carboxylic acids is 2. The number of hydrogen-bond donors (Lipinski definition) is 1. The molecule has 7 heteroatoms. The number of benzene rings is 1. The van der Waals surface area contributed by atoms with Crippen LogP contribution in [-0.4, -0.2) is 18.5 Å². The highest BCUT2D eigenvalue weighted by Crippen LogP contribution is 2.26. The third-order valence-electron chi connectivity index (χ3n) is 2.60. The van der Waals surface area contributed by atoms with Crippen molar-refractivity contribution in [3.63, 3.8) is 0 Å². The summed E-state index contributed by atoms with van der Waals surface area (Å²) in [5.41, 5.74) is 9.07. The topological polar surface area (TPSA) is 104 Å². The van der Waals surface area contributed by atoms with Crippen molar-refractivity contribution in [2.75, 3.05) is 11.9 Å². The number of ether oxygens (including phenoxy) is 1. The van der Waals surface area contributed by atoms with Gasteiger partial charge < -0.3 is 10.1 Å². The van der Waals surface area contributed by atoms with Crippen LogP contribution in [0, 0.1) is 0 Å². The number of hydrogen-bond acceptors (Lipinski definition) is 4. The molecule has 106 valence electrons. The van der Waals surface area contributed by atoms with Crippen molar-refractivity contribution in [2.45, 2.75) is 26.3 Å². The summed E-state index contributed by atoms with van der Waals surface area (Å²) in [6.07, 6.45) is 0. The number of nitrogens with one attached hydrogen (secondary N) is 1. The quantitative estimate of drug-likeness (QED) is 0.300. The van der Waals surface area contributed by atoms with Gasteiger partial charge in [-0.05, 0) is 30.2 Å². The Morgan fingerprint density at radius 2 is 1.95 bits per heavy atom. The summed E-state index contributed by atoms with van der Waals surface area (Å²) in [6.45, 7) is 5.32. The Kier molecular flexibility index (Phi) is 5.11. The van der Waals surface area contributed by atoms with E-state index in [1.807, 2.05) is 0 Å². The predicted molar refractivity (Wildman–Crippen MR) is 73.9 cm³/mol. The van der Waals surface area contributed by atoms with Crippen molar-refractivity contribution >= 4 is 17.6 Å². The first-order valence-electron chi connectivity index (χ1n) is 6.05. The SMILES string of the molecule is CCOC(=O)C(=O)Nc1ccc(C(C)(C)N=[N+]=[N-])cc1. The Morgan fingerprint density at radius 3 is 2.45 bits per heavy atom. The lowest BCUT2D eigenvalue weighted by atomic mass is 9.95. The number of carbonyl (C=O) groups is 2. The monoisotopic (exact) mass is 276 g/mol. The molecule has 1 rings (SSSR count). The summed E-state index contributed by atoms with van der Waals surface area (Å²) in [4.78, 5) is 25.4. The molecule has 7 nitrogen and oxygen atoms in total. The molecule has 0 spiro atoms. The first-order valence-corrected chi connectivity index (χ1v) is 6.05. The molecule has 20 heavy (non-hydrogen) atoms. The Morgan fingerprint density at radius 1 is 1.35 bits per heavy atom. The van der Waals surface area contributed by atoms with Gasteiger partial charge in [-0.2, -0.15) is 0 Å². The van der Waals surface area contributed by atoms with Crippen molar-refractivity contribution in [3.8, 4) is 0 Å². The fraction of sp³-hybridized carbons (Fsp3) is 0.385. The predicted octanol–water partition coefficient (Wildman–Crippen LogP) is 2.73. The van der Waals surface area contributed by atoms with Crippen molar-refractivity contribution in [2.24, 2.45) is 5.11 Å². The zero-order valence-corrected chi connectivity index (χ0v) is 11.6. The van der Waals surface area contributed by atoms with Crippen LogP contribution in [0.3, 0.4) is 0 Å². The third-order valence-corrected chi connectivity index (χ3v) is 2.60. The molecule has 1 aromatic rings. The average molecular weight is 276 g/mol. The van der Waals surface area contributed by atoms with Gasteiger partial charge in [-0.3, -0.25) is 4.79 Å². The first kappa shape index (κ1) is 15.5. The van der Waals surface area contributed by atoms with Crippen molar-refractivity contribution in [3.05, 3.63) is 40.3 Å². The lowest BCUT2D eigenvalue weighted by molar-refractivity contribution is -0.152. The van der Waals surface area contributed by atoms with E-state index < -0.39 is 17.4 Å². The van der Waals surface area contributed by atoms with E-state index in [0.717, 1.165) is 5.56 Å². The minimum atomic E-state index is -0.925. The Bertz CT molecular complexity index is 545. The normalized spacial score (nSPS) is 10.3. The Balaban J connectivity index is 2.80. The second-order valence-corrected chi connectivity index (χ2v) is 4.50. The second-order valence-electron chi connectivity index (χ2n) is 4.50. The molecule has 0 atom stereocenters. The third kappa shape index (κ3) is 4.00. The molecule has 1 amide bonds. The maximum absolute atomic E-state index is 11.4. The van der Waals surface area contributed by atoms with Gasteiger partial charge in [0.05, 0.1) is 12.1 Å². The van der Waals surface area contributed by atoms with Crippen LogP contribution in [0.5, 0.6) is 0 Å². The van der Waals surface area contributed by atoms with Crippen LogP contribution >= 0.6 is 0 Å². The molecule has 0 saturated carbocycles. The highest BCUT2D eigenvalue weighted by Gasteiger charge is 2.19. The average Bonchev–Trinajstić information content (AvgIpc) is 2.39. The zero-order chi connectivity index (χ0) is 15.2. The van der Waals surface area contributed by atoms with Gasteiger partial charge in [-0.15, -0.1) is 0 Å². The maximum Gasteiger partial charge on any atom is 0.397 e. The number of rotatable bonds is 4. The molecule has 0 heterocycles. The first-order chi connectivity index (χ1) is 9.40. The molecule has 0 aliphatic carbocycles. The van der Waals surface area contributed by atoms with Crippen LogP contribution in [0.4, 0.5) is 5.69 Å². The van der Waals surface area contributed by atoms with Gasteiger partial charge in [0, 0.05) is 10.6 Å². The van der Waals surface area contributed by atoms with Gasteiger partial charge in [-0.25, -0.2) is 4.79 Å². The largest absolute Gasteiger partial charge is 0.459 e. The van der Waals surface area contributed by atoms with E-state index in [2.05, 4.69) is 20.1 Å². The molecule has 0 aromatic heterocycles. The van der Waals surface area contributed by atoms with E-state index in [-0.39, 0.29) is 6.61 Å². The van der Waals surface area contributed by atoms with Crippen LogP contribution in [0.15, 0.2) is 29.4 Å². The van der Waals surface area contributed by atoms with Gasteiger partial charge >= 0.3 is 11.9 Å². The zero-order valence-electron chi connectivity index (χ0n) is 11.6. The van der Waals surface area contributed by atoms with Gasteiger partial charge in [0.15, 0.2) is 0 Å². The molecule has 1 N–H and O–H groups in total. The van der Waals surface area contributed by atoms with Gasteiger partial charge in [0.25, 0.3) is 0 Å². The number of esters is 1.